The highest BCUT2D eigenvalue weighted by atomic mass is 32.2. The third kappa shape index (κ3) is 5.59. The third-order valence-corrected chi connectivity index (χ3v) is 7.32. The van der Waals surface area contributed by atoms with Gasteiger partial charge in [0.05, 0.1) is 10.7 Å². The van der Waals surface area contributed by atoms with Crippen molar-refractivity contribution < 1.29 is 18.1 Å². The number of nitro groups is 1. The normalized spacial score (nSPS) is 14.9. The second-order valence-corrected chi connectivity index (χ2v) is 9.44. The van der Waals surface area contributed by atoms with Gasteiger partial charge in [0.1, 0.15) is 0 Å². The van der Waals surface area contributed by atoms with E-state index in [0.717, 1.165) is 5.69 Å². The fourth-order valence-electron chi connectivity index (χ4n) is 3.61. The zero-order chi connectivity index (χ0) is 22.4. The van der Waals surface area contributed by atoms with E-state index in [0.29, 0.717) is 26.2 Å². The number of nitrogens with zero attached hydrogens (tertiary/aromatic N) is 3. The SMILES string of the molecule is Cc1c(C(=O)NCCCS(=O)(=O)N2CCN(c3ccccc3)CC2)cccc1[N+](=O)[O-]. The molecule has 1 amide bonds. The lowest BCUT2D eigenvalue weighted by Gasteiger charge is -2.35. The van der Waals surface area contributed by atoms with Gasteiger partial charge in [-0.25, -0.2) is 8.42 Å². The van der Waals surface area contributed by atoms with Crippen molar-refractivity contribution in [1.82, 2.24) is 9.62 Å². The van der Waals surface area contributed by atoms with Crippen molar-refractivity contribution >= 4 is 27.3 Å². The van der Waals surface area contributed by atoms with Gasteiger partial charge in [-0.15, -0.1) is 0 Å². The van der Waals surface area contributed by atoms with Crippen LogP contribution in [0.1, 0.15) is 22.3 Å². The van der Waals surface area contributed by atoms with Crippen molar-refractivity contribution in [2.45, 2.75) is 13.3 Å². The maximum absolute atomic E-state index is 12.6. The number of anilines is 1. The molecule has 0 unspecified atom stereocenters. The van der Waals surface area contributed by atoms with Crippen LogP contribution < -0.4 is 10.2 Å². The monoisotopic (exact) mass is 446 g/mol. The summed E-state index contributed by atoms with van der Waals surface area (Å²) in [6.45, 7) is 3.81. The molecule has 3 rings (SSSR count). The van der Waals surface area contributed by atoms with E-state index in [2.05, 4.69) is 10.2 Å². The Balaban J connectivity index is 1.47. The van der Waals surface area contributed by atoms with Gasteiger partial charge in [-0.05, 0) is 31.5 Å². The summed E-state index contributed by atoms with van der Waals surface area (Å²) in [5, 5.41) is 13.7. The molecule has 1 aliphatic rings. The molecular weight excluding hydrogens is 420 g/mol. The average Bonchev–Trinajstić information content (AvgIpc) is 2.77. The second-order valence-electron chi connectivity index (χ2n) is 7.35. The molecule has 0 aromatic heterocycles. The molecule has 1 saturated heterocycles. The maximum Gasteiger partial charge on any atom is 0.273 e. The maximum atomic E-state index is 12.6. The Morgan fingerprint density at radius 1 is 1.06 bits per heavy atom. The highest BCUT2D eigenvalue weighted by Gasteiger charge is 2.26. The molecule has 2 aromatic rings. The number of piperazine rings is 1. The van der Waals surface area contributed by atoms with E-state index >= 15 is 0 Å². The number of carbonyl (C=O) groups excluding carboxylic acids is 1. The van der Waals surface area contributed by atoms with Crippen molar-refractivity contribution in [3.8, 4) is 0 Å². The van der Waals surface area contributed by atoms with Crippen LogP contribution in [0.25, 0.3) is 0 Å². The lowest BCUT2D eigenvalue weighted by atomic mass is 10.1. The van der Waals surface area contributed by atoms with Crippen molar-refractivity contribution in [2.24, 2.45) is 0 Å². The minimum Gasteiger partial charge on any atom is -0.369 e. The fourth-order valence-corrected chi connectivity index (χ4v) is 5.10. The van der Waals surface area contributed by atoms with Crippen LogP contribution >= 0.6 is 0 Å². The second kappa shape index (κ2) is 9.88. The zero-order valence-corrected chi connectivity index (χ0v) is 18.2. The standard InChI is InChI=1S/C21H26N4O5S/c1-17-19(9-5-10-20(17)25(27)28)21(26)22-11-6-16-31(29,30)24-14-12-23(13-15-24)18-7-3-2-4-8-18/h2-5,7-10H,6,11-16H2,1H3,(H,22,26). The average molecular weight is 447 g/mol. The van der Waals surface area contributed by atoms with Crippen LogP contribution in [-0.2, 0) is 10.0 Å². The lowest BCUT2D eigenvalue weighted by Crippen LogP contribution is -2.49. The Hall–Kier alpha value is -2.98. The predicted molar refractivity (Wildman–Crippen MR) is 119 cm³/mol. The Morgan fingerprint density at radius 3 is 2.39 bits per heavy atom. The highest BCUT2D eigenvalue weighted by molar-refractivity contribution is 7.89. The Bertz CT molecular complexity index is 1030. The van der Waals surface area contributed by atoms with Gasteiger partial charge < -0.3 is 10.2 Å². The smallest absolute Gasteiger partial charge is 0.273 e. The first-order valence-corrected chi connectivity index (χ1v) is 11.7. The molecule has 0 radical (unpaired) electrons. The van der Waals surface area contributed by atoms with E-state index in [1.807, 2.05) is 30.3 Å². The minimum absolute atomic E-state index is 0.0630. The molecule has 2 aromatic carbocycles. The number of rotatable bonds is 8. The van der Waals surface area contributed by atoms with Crippen LogP contribution in [-0.4, -0.2) is 62.0 Å². The lowest BCUT2D eigenvalue weighted by molar-refractivity contribution is -0.385. The number of para-hydroxylation sites is 1. The number of hydrogen-bond acceptors (Lipinski definition) is 6. The van der Waals surface area contributed by atoms with Crippen LogP contribution in [0.15, 0.2) is 48.5 Å². The molecule has 9 nitrogen and oxygen atoms in total. The molecule has 166 valence electrons. The molecule has 1 fully saturated rings. The third-order valence-electron chi connectivity index (χ3n) is 5.36. The Labute approximate surface area is 181 Å². The molecule has 1 heterocycles. The van der Waals surface area contributed by atoms with Crippen LogP contribution in [0.3, 0.4) is 0 Å². The summed E-state index contributed by atoms with van der Waals surface area (Å²) >= 11 is 0. The summed E-state index contributed by atoms with van der Waals surface area (Å²) < 4.78 is 26.8. The van der Waals surface area contributed by atoms with E-state index < -0.39 is 20.9 Å². The summed E-state index contributed by atoms with van der Waals surface area (Å²) in [4.78, 5) is 25.0. The molecule has 1 aliphatic heterocycles. The van der Waals surface area contributed by atoms with Crippen LogP contribution in [0.4, 0.5) is 11.4 Å². The predicted octanol–water partition coefficient (Wildman–Crippen LogP) is 2.18. The molecule has 0 saturated carbocycles. The molecule has 0 aliphatic carbocycles. The van der Waals surface area contributed by atoms with Gasteiger partial charge in [-0.3, -0.25) is 14.9 Å². The first kappa shape index (κ1) is 22.7. The molecule has 0 atom stereocenters. The number of amides is 1. The largest absolute Gasteiger partial charge is 0.369 e. The summed E-state index contributed by atoms with van der Waals surface area (Å²) in [5.74, 6) is -0.512. The van der Waals surface area contributed by atoms with Gasteiger partial charge in [-0.2, -0.15) is 4.31 Å². The van der Waals surface area contributed by atoms with Crippen molar-refractivity contribution in [3.63, 3.8) is 0 Å². The number of sulfonamides is 1. The van der Waals surface area contributed by atoms with E-state index in [1.54, 1.807) is 0 Å². The van der Waals surface area contributed by atoms with E-state index in [-0.39, 0.29) is 35.5 Å². The van der Waals surface area contributed by atoms with Gasteiger partial charge in [-0.1, -0.05) is 24.3 Å². The minimum atomic E-state index is -3.41. The summed E-state index contributed by atoms with van der Waals surface area (Å²) in [7, 11) is -3.41. The van der Waals surface area contributed by atoms with Crippen molar-refractivity contribution in [1.29, 1.82) is 0 Å². The molecule has 1 N–H and O–H groups in total. The molecule has 0 spiro atoms. The summed E-state index contributed by atoms with van der Waals surface area (Å²) in [6, 6.07) is 14.2. The van der Waals surface area contributed by atoms with Crippen LogP contribution in [0, 0.1) is 17.0 Å². The quantitative estimate of drug-likeness (QED) is 0.378. The van der Waals surface area contributed by atoms with Gasteiger partial charge in [0.25, 0.3) is 11.6 Å². The van der Waals surface area contributed by atoms with E-state index in [9.17, 15) is 23.3 Å². The first-order valence-electron chi connectivity index (χ1n) is 10.1. The topological polar surface area (TPSA) is 113 Å². The zero-order valence-electron chi connectivity index (χ0n) is 17.4. The highest BCUT2D eigenvalue weighted by Crippen LogP contribution is 2.21. The van der Waals surface area contributed by atoms with E-state index in [4.69, 9.17) is 0 Å². The molecule has 0 bridgehead atoms. The number of hydrogen-bond donors (Lipinski definition) is 1. The van der Waals surface area contributed by atoms with E-state index in [1.165, 1.54) is 29.4 Å². The van der Waals surface area contributed by atoms with Gasteiger partial charge in [0, 0.05) is 55.6 Å². The Morgan fingerprint density at radius 2 is 1.74 bits per heavy atom. The molecule has 31 heavy (non-hydrogen) atoms. The van der Waals surface area contributed by atoms with Crippen LogP contribution in [0.5, 0.6) is 0 Å². The van der Waals surface area contributed by atoms with Gasteiger partial charge in [0.15, 0.2) is 0 Å². The van der Waals surface area contributed by atoms with Crippen molar-refractivity contribution in [3.05, 3.63) is 69.8 Å². The number of carbonyl (C=O) groups is 1. The number of nitro benzene ring substituents is 1. The fraction of sp³-hybridized carbons (Fsp3) is 0.381. The summed E-state index contributed by atoms with van der Waals surface area (Å²) in [6.07, 6.45) is 0.265. The van der Waals surface area contributed by atoms with Crippen LogP contribution in [0.2, 0.25) is 0 Å². The number of nitrogens with one attached hydrogen (secondary N) is 1. The first-order chi connectivity index (χ1) is 14.8. The van der Waals surface area contributed by atoms with Gasteiger partial charge >= 0.3 is 0 Å². The Kier molecular flexibility index (Phi) is 7.24. The van der Waals surface area contributed by atoms with Gasteiger partial charge in [0.2, 0.25) is 10.0 Å². The number of benzene rings is 2. The molecular formula is C21H26N4O5S. The summed E-state index contributed by atoms with van der Waals surface area (Å²) in [5.41, 5.74) is 1.46. The molecule has 10 heteroatoms. The van der Waals surface area contributed by atoms with Crippen molar-refractivity contribution in [2.75, 3.05) is 43.4 Å².